The third-order valence-corrected chi connectivity index (χ3v) is 11.9. The van der Waals surface area contributed by atoms with Crippen molar-refractivity contribution >= 4 is 17.7 Å². The average Bonchev–Trinajstić information content (AvgIpc) is 4.07. The van der Waals surface area contributed by atoms with Gasteiger partial charge >= 0.3 is 0 Å². The number of carbonyl (C=O) groups excluding carboxylic acids is 3. The standard InChI is InChI=1S/C48H53N9O3/c1-32(58)55-27-28-57(48(60)44(54(4)5)38-15-10-7-11-16-38)42(31-55)46-50-30-40(52-46)36-24-20-34(21-25-36)33-18-22-35(23-19-33)39-29-49-45(51-39)41-17-12-26-56(41)47(59)43(53(2)3)37-13-8-6-9-14-37/h6-11,13-16,18-25,29-30,41-44H,12,17,26-28,31H2,1-5H3,(H,49,51)(H,50,52)/t41-,42?,43+,44+/m0/s1. The number of carbonyl (C=O) groups is 3. The topological polar surface area (TPSA) is 125 Å². The number of rotatable bonds is 11. The number of imidazole rings is 2. The molecular formula is C48H53N9O3. The van der Waals surface area contributed by atoms with Gasteiger partial charge < -0.3 is 24.7 Å². The van der Waals surface area contributed by atoms with Crippen molar-refractivity contribution in [3.63, 3.8) is 0 Å². The Balaban J connectivity index is 0.958. The number of benzene rings is 4. The summed E-state index contributed by atoms with van der Waals surface area (Å²) in [4.78, 5) is 66.8. The molecule has 2 aliphatic heterocycles. The molecule has 2 aliphatic rings. The van der Waals surface area contributed by atoms with Gasteiger partial charge in [0, 0.05) is 33.1 Å². The Bertz CT molecular complexity index is 2410. The van der Waals surface area contributed by atoms with Crippen LogP contribution in [0.5, 0.6) is 0 Å². The Morgan fingerprint density at radius 2 is 1.02 bits per heavy atom. The van der Waals surface area contributed by atoms with Gasteiger partial charge in [-0.15, -0.1) is 0 Å². The fraction of sp³-hybridized carbons (Fsp3) is 0.312. The van der Waals surface area contributed by atoms with Crippen LogP contribution < -0.4 is 0 Å². The molecule has 308 valence electrons. The average molecular weight is 804 g/mol. The molecule has 60 heavy (non-hydrogen) atoms. The van der Waals surface area contributed by atoms with Gasteiger partial charge in [0.2, 0.25) is 17.7 Å². The summed E-state index contributed by atoms with van der Waals surface area (Å²) in [7, 11) is 7.73. The molecule has 1 unspecified atom stereocenters. The Kier molecular flexibility index (Phi) is 11.8. The molecule has 6 aromatic rings. The zero-order valence-electron chi connectivity index (χ0n) is 35.0. The van der Waals surface area contributed by atoms with Gasteiger partial charge in [-0.1, -0.05) is 109 Å². The molecule has 4 heterocycles. The zero-order valence-corrected chi connectivity index (χ0v) is 35.0. The predicted octanol–water partition coefficient (Wildman–Crippen LogP) is 7.13. The van der Waals surface area contributed by atoms with E-state index in [4.69, 9.17) is 9.97 Å². The summed E-state index contributed by atoms with van der Waals surface area (Å²) in [5.74, 6) is 1.51. The first-order chi connectivity index (χ1) is 29.1. The third kappa shape index (κ3) is 8.25. The predicted molar refractivity (Wildman–Crippen MR) is 233 cm³/mol. The van der Waals surface area contributed by atoms with Gasteiger partial charge in [0.15, 0.2) is 0 Å². The molecule has 12 nitrogen and oxygen atoms in total. The minimum absolute atomic E-state index is 0.0225. The molecule has 2 fully saturated rings. The number of hydrogen-bond donors (Lipinski definition) is 2. The molecule has 0 radical (unpaired) electrons. The summed E-state index contributed by atoms with van der Waals surface area (Å²) in [6.07, 6.45) is 5.47. The Morgan fingerprint density at radius 3 is 1.47 bits per heavy atom. The normalized spacial score (nSPS) is 17.9. The highest BCUT2D eigenvalue weighted by molar-refractivity contribution is 5.85. The summed E-state index contributed by atoms with van der Waals surface area (Å²) in [5.41, 5.74) is 7.78. The van der Waals surface area contributed by atoms with Crippen LogP contribution in [-0.4, -0.2) is 117 Å². The number of aromatic nitrogens is 4. The highest BCUT2D eigenvalue weighted by atomic mass is 16.2. The van der Waals surface area contributed by atoms with Gasteiger partial charge in [-0.05, 0) is 74.4 Å². The smallest absolute Gasteiger partial charge is 0.245 e. The summed E-state index contributed by atoms with van der Waals surface area (Å²) in [5, 5.41) is 0. The third-order valence-electron chi connectivity index (χ3n) is 11.9. The maximum atomic E-state index is 14.2. The number of H-pyrrole nitrogens is 2. The van der Waals surface area contributed by atoms with E-state index in [0.717, 1.165) is 63.4 Å². The monoisotopic (exact) mass is 803 g/mol. The highest BCUT2D eigenvalue weighted by Gasteiger charge is 2.39. The second-order valence-electron chi connectivity index (χ2n) is 16.3. The van der Waals surface area contributed by atoms with Crippen LogP contribution in [0.25, 0.3) is 33.6 Å². The van der Waals surface area contributed by atoms with Gasteiger partial charge in [0.25, 0.3) is 0 Å². The number of nitrogens with zero attached hydrogens (tertiary/aromatic N) is 7. The largest absolute Gasteiger partial charge is 0.340 e. The molecule has 8 rings (SSSR count). The minimum atomic E-state index is -0.465. The van der Waals surface area contributed by atoms with E-state index >= 15 is 0 Å². The van der Waals surface area contributed by atoms with Crippen LogP contribution in [0.4, 0.5) is 0 Å². The molecule has 2 saturated heterocycles. The van der Waals surface area contributed by atoms with Gasteiger partial charge in [-0.25, -0.2) is 9.97 Å². The van der Waals surface area contributed by atoms with Crippen molar-refractivity contribution in [1.82, 2.24) is 44.4 Å². The SMILES string of the molecule is CC(=O)N1CCN(C(=O)[C@@H](c2ccccc2)N(C)C)C(c2ncc(-c3ccc(-c4ccc(-c5cnc([C@@H]6CCCN6C(=O)[C@@H](c6ccccc6)N(C)C)[nH]5)cc4)cc3)[nH]2)C1. The number of hydrogen-bond acceptors (Lipinski definition) is 7. The highest BCUT2D eigenvalue weighted by Crippen LogP contribution is 2.36. The van der Waals surface area contributed by atoms with Gasteiger partial charge in [0.05, 0.1) is 29.8 Å². The molecule has 0 saturated carbocycles. The maximum absolute atomic E-state index is 14.2. The Labute approximate surface area is 351 Å². The number of amides is 3. The molecule has 3 amide bonds. The van der Waals surface area contributed by atoms with Crippen LogP contribution in [0.3, 0.4) is 0 Å². The lowest BCUT2D eigenvalue weighted by molar-refractivity contribution is -0.146. The number of aromatic amines is 2. The molecule has 0 aliphatic carbocycles. The molecule has 12 heteroatoms. The Hall–Kier alpha value is -6.37. The van der Waals surface area contributed by atoms with E-state index in [-0.39, 0.29) is 29.8 Å². The van der Waals surface area contributed by atoms with E-state index in [9.17, 15) is 14.4 Å². The van der Waals surface area contributed by atoms with Crippen LogP contribution in [-0.2, 0) is 14.4 Å². The van der Waals surface area contributed by atoms with E-state index in [0.29, 0.717) is 32.0 Å². The zero-order chi connectivity index (χ0) is 41.9. The number of likely N-dealkylation sites (tertiary alicyclic amines) is 1. The lowest BCUT2D eigenvalue weighted by Crippen LogP contribution is -2.54. The molecular weight excluding hydrogens is 751 g/mol. The lowest BCUT2D eigenvalue weighted by atomic mass is 10.0. The maximum Gasteiger partial charge on any atom is 0.245 e. The second kappa shape index (κ2) is 17.5. The molecule has 2 aromatic heterocycles. The number of likely N-dealkylation sites (N-methyl/N-ethyl adjacent to an activating group) is 2. The molecule has 0 bridgehead atoms. The van der Waals surface area contributed by atoms with Gasteiger partial charge in [-0.3, -0.25) is 24.2 Å². The van der Waals surface area contributed by atoms with Gasteiger partial charge in [0.1, 0.15) is 29.8 Å². The molecule has 0 spiro atoms. The van der Waals surface area contributed by atoms with Crippen molar-refractivity contribution in [2.75, 3.05) is 54.4 Å². The second-order valence-corrected chi connectivity index (χ2v) is 16.3. The number of piperazine rings is 1. The van der Waals surface area contributed by atoms with E-state index in [2.05, 4.69) is 58.5 Å². The van der Waals surface area contributed by atoms with Crippen molar-refractivity contribution < 1.29 is 14.4 Å². The first kappa shape index (κ1) is 40.4. The van der Waals surface area contributed by atoms with E-state index in [1.54, 1.807) is 18.0 Å². The number of nitrogens with one attached hydrogen (secondary N) is 2. The first-order valence-corrected chi connectivity index (χ1v) is 20.7. The Morgan fingerprint density at radius 1 is 0.583 bits per heavy atom. The summed E-state index contributed by atoms with van der Waals surface area (Å²) in [6, 6.07) is 35.1. The van der Waals surface area contributed by atoms with Crippen molar-refractivity contribution in [1.29, 1.82) is 0 Å². The van der Waals surface area contributed by atoms with Gasteiger partial charge in [-0.2, -0.15) is 0 Å². The van der Waals surface area contributed by atoms with Crippen LogP contribution in [0, 0.1) is 0 Å². The van der Waals surface area contributed by atoms with Crippen molar-refractivity contribution in [2.24, 2.45) is 0 Å². The van der Waals surface area contributed by atoms with E-state index in [1.807, 2.05) is 115 Å². The molecule has 4 aromatic carbocycles. The quantitative estimate of drug-likeness (QED) is 0.143. The molecule has 4 atom stereocenters. The first-order valence-electron chi connectivity index (χ1n) is 20.7. The van der Waals surface area contributed by atoms with E-state index < -0.39 is 12.1 Å². The van der Waals surface area contributed by atoms with Crippen molar-refractivity contribution in [3.8, 4) is 33.6 Å². The van der Waals surface area contributed by atoms with E-state index in [1.165, 1.54) is 0 Å². The summed E-state index contributed by atoms with van der Waals surface area (Å²) in [6.45, 7) is 3.53. The summed E-state index contributed by atoms with van der Waals surface area (Å²) < 4.78 is 0. The minimum Gasteiger partial charge on any atom is -0.340 e. The summed E-state index contributed by atoms with van der Waals surface area (Å²) >= 11 is 0. The van der Waals surface area contributed by atoms with Crippen LogP contribution in [0.1, 0.15) is 66.7 Å². The van der Waals surface area contributed by atoms with Crippen molar-refractivity contribution in [2.45, 2.75) is 43.9 Å². The fourth-order valence-corrected chi connectivity index (χ4v) is 8.78. The molecule has 2 N–H and O–H groups in total. The van der Waals surface area contributed by atoms with Crippen LogP contribution in [0.15, 0.2) is 122 Å². The van der Waals surface area contributed by atoms with Crippen LogP contribution >= 0.6 is 0 Å². The van der Waals surface area contributed by atoms with Crippen molar-refractivity contribution in [3.05, 3.63) is 144 Å². The lowest BCUT2D eigenvalue weighted by Gasteiger charge is -2.42. The fourth-order valence-electron chi connectivity index (χ4n) is 8.78. The van der Waals surface area contributed by atoms with Crippen LogP contribution in [0.2, 0.25) is 0 Å².